The molecule has 3 aromatic carbocycles. The zero-order chi connectivity index (χ0) is 20.3. The van der Waals surface area contributed by atoms with E-state index in [1.807, 2.05) is 0 Å². The van der Waals surface area contributed by atoms with Crippen LogP contribution < -0.4 is 10.0 Å². The summed E-state index contributed by atoms with van der Waals surface area (Å²) in [5.74, 6) is -1.10. The number of benzene rings is 3. The second-order valence-corrected chi connectivity index (χ2v) is 7.78. The molecule has 0 bridgehead atoms. The van der Waals surface area contributed by atoms with Crippen LogP contribution >= 0.6 is 0 Å². The molecule has 0 unspecified atom stereocenters. The average Bonchev–Trinajstić information content (AvgIpc) is 2.63. The smallest absolute Gasteiger partial charge is 0.261 e. The highest BCUT2D eigenvalue weighted by molar-refractivity contribution is 7.92. The van der Waals surface area contributed by atoms with E-state index in [2.05, 4.69) is 10.0 Å². The van der Waals surface area contributed by atoms with Gasteiger partial charge < -0.3 is 10.4 Å². The molecule has 1 amide bonds. The van der Waals surface area contributed by atoms with Crippen LogP contribution in [0, 0.1) is 12.7 Å². The van der Waals surface area contributed by atoms with Crippen LogP contribution in [-0.2, 0) is 10.0 Å². The predicted molar refractivity (Wildman–Crippen MR) is 104 cm³/mol. The first-order chi connectivity index (χ1) is 13.2. The van der Waals surface area contributed by atoms with Crippen molar-refractivity contribution >= 4 is 27.3 Å². The van der Waals surface area contributed by atoms with E-state index in [1.54, 1.807) is 12.1 Å². The zero-order valence-electron chi connectivity index (χ0n) is 14.8. The van der Waals surface area contributed by atoms with Gasteiger partial charge in [-0.15, -0.1) is 0 Å². The topological polar surface area (TPSA) is 95.5 Å². The molecule has 0 aromatic heterocycles. The Morgan fingerprint density at radius 3 is 2.39 bits per heavy atom. The van der Waals surface area contributed by atoms with Gasteiger partial charge in [-0.1, -0.05) is 18.2 Å². The van der Waals surface area contributed by atoms with Gasteiger partial charge in [0.05, 0.1) is 4.90 Å². The fourth-order valence-electron chi connectivity index (χ4n) is 2.47. The maximum absolute atomic E-state index is 13.7. The quantitative estimate of drug-likeness (QED) is 0.605. The molecule has 0 radical (unpaired) electrons. The second kappa shape index (κ2) is 7.69. The van der Waals surface area contributed by atoms with Gasteiger partial charge in [0.1, 0.15) is 11.6 Å². The first-order valence-corrected chi connectivity index (χ1v) is 9.72. The first-order valence-electron chi connectivity index (χ1n) is 8.24. The number of aryl methyl sites for hydroxylation is 1. The number of amides is 1. The van der Waals surface area contributed by atoms with Gasteiger partial charge in [-0.25, -0.2) is 12.8 Å². The Labute approximate surface area is 161 Å². The normalized spacial score (nSPS) is 11.1. The Bertz CT molecular complexity index is 1150. The van der Waals surface area contributed by atoms with Gasteiger partial charge >= 0.3 is 0 Å². The molecule has 0 aliphatic heterocycles. The molecule has 0 heterocycles. The van der Waals surface area contributed by atoms with E-state index in [0.717, 1.165) is 6.07 Å². The fourth-order valence-corrected chi connectivity index (χ4v) is 3.53. The summed E-state index contributed by atoms with van der Waals surface area (Å²) in [7, 11) is -4.01. The summed E-state index contributed by atoms with van der Waals surface area (Å²) in [6, 6.07) is 15.5. The van der Waals surface area contributed by atoms with E-state index in [-0.39, 0.29) is 21.9 Å². The standard InChI is InChI=1S/C20H17FN2O4S/c1-13-8-9-18(12-19(13)21)28(26,27)23-16-6-2-4-14(10-16)20(25)22-15-5-3-7-17(24)11-15/h2-12,23-24H,1H3,(H,22,25). The molecular weight excluding hydrogens is 383 g/mol. The first kappa shape index (κ1) is 19.4. The number of carbonyl (C=O) groups excluding carboxylic acids is 1. The summed E-state index contributed by atoms with van der Waals surface area (Å²) >= 11 is 0. The molecule has 8 heteroatoms. The van der Waals surface area contributed by atoms with Crippen molar-refractivity contribution in [3.8, 4) is 5.75 Å². The molecule has 0 aliphatic carbocycles. The fraction of sp³-hybridized carbons (Fsp3) is 0.0500. The average molecular weight is 400 g/mol. The predicted octanol–water partition coefficient (Wildman–Crippen LogP) is 3.89. The number of hydrogen-bond acceptors (Lipinski definition) is 4. The van der Waals surface area contributed by atoms with Crippen LogP contribution in [0.1, 0.15) is 15.9 Å². The number of rotatable bonds is 5. The Morgan fingerprint density at radius 2 is 1.68 bits per heavy atom. The van der Waals surface area contributed by atoms with Crippen molar-refractivity contribution in [1.29, 1.82) is 0 Å². The summed E-state index contributed by atoms with van der Waals surface area (Å²) in [6.45, 7) is 1.54. The zero-order valence-corrected chi connectivity index (χ0v) is 15.6. The minimum atomic E-state index is -4.01. The van der Waals surface area contributed by atoms with Gasteiger partial charge in [-0.3, -0.25) is 9.52 Å². The monoisotopic (exact) mass is 400 g/mol. The van der Waals surface area contributed by atoms with E-state index in [4.69, 9.17) is 0 Å². The maximum Gasteiger partial charge on any atom is 0.261 e. The Hall–Kier alpha value is -3.39. The lowest BCUT2D eigenvalue weighted by Gasteiger charge is -2.11. The Morgan fingerprint density at radius 1 is 0.964 bits per heavy atom. The van der Waals surface area contributed by atoms with Crippen LogP contribution in [-0.4, -0.2) is 19.4 Å². The van der Waals surface area contributed by atoms with Crippen LogP contribution in [0.4, 0.5) is 15.8 Å². The number of anilines is 2. The Balaban J connectivity index is 1.80. The van der Waals surface area contributed by atoms with Crippen molar-refractivity contribution in [2.75, 3.05) is 10.0 Å². The van der Waals surface area contributed by atoms with Crippen LogP contribution in [0.25, 0.3) is 0 Å². The van der Waals surface area contributed by atoms with Gasteiger partial charge in [0.2, 0.25) is 0 Å². The third-order valence-electron chi connectivity index (χ3n) is 3.93. The molecule has 3 aromatic rings. The largest absolute Gasteiger partial charge is 0.508 e. The third-order valence-corrected chi connectivity index (χ3v) is 5.31. The minimum absolute atomic E-state index is 0.00430. The molecule has 144 valence electrons. The molecular formula is C20H17FN2O4S. The summed E-state index contributed by atoms with van der Waals surface area (Å²) in [5, 5.41) is 12.1. The molecule has 3 N–H and O–H groups in total. The second-order valence-electron chi connectivity index (χ2n) is 6.10. The molecule has 0 atom stereocenters. The van der Waals surface area contributed by atoms with Gasteiger partial charge in [0, 0.05) is 23.0 Å². The number of sulfonamides is 1. The van der Waals surface area contributed by atoms with Crippen molar-refractivity contribution < 1.29 is 22.7 Å². The summed E-state index contributed by atoms with van der Waals surface area (Å²) in [6.07, 6.45) is 0. The molecule has 0 saturated heterocycles. The van der Waals surface area contributed by atoms with Gasteiger partial charge in [0.25, 0.3) is 15.9 Å². The highest BCUT2D eigenvalue weighted by Gasteiger charge is 2.17. The molecule has 0 aliphatic rings. The molecule has 0 saturated carbocycles. The summed E-state index contributed by atoms with van der Waals surface area (Å²) < 4.78 is 41.0. The van der Waals surface area contributed by atoms with Crippen LogP contribution in [0.2, 0.25) is 0 Å². The molecule has 3 rings (SSSR count). The van der Waals surface area contributed by atoms with E-state index >= 15 is 0 Å². The third kappa shape index (κ3) is 4.47. The van der Waals surface area contributed by atoms with E-state index in [9.17, 15) is 22.7 Å². The molecule has 6 nitrogen and oxygen atoms in total. The number of phenolic OH excluding ortho intramolecular Hbond substituents is 1. The number of phenols is 1. The van der Waals surface area contributed by atoms with E-state index in [1.165, 1.54) is 55.5 Å². The van der Waals surface area contributed by atoms with Crippen molar-refractivity contribution in [3.63, 3.8) is 0 Å². The number of halogens is 1. The Kier molecular flexibility index (Phi) is 5.32. The van der Waals surface area contributed by atoms with Crippen LogP contribution in [0.5, 0.6) is 5.75 Å². The highest BCUT2D eigenvalue weighted by Crippen LogP contribution is 2.21. The highest BCUT2D eigenvalue weighted by atomic mass is 32.2. The number of carbonyl (C=O) groups is 1. The van der Waals surface area contributed by atoms with Gasteiger partial charge in [-0.2, -0.15) is 0 Å². The van der Waals surface area contributed by atoms with Crippen molar-refractivity contribution in [3.05, 3.63) is 83.7 Å². The number of nitrogens with one attached hydrogen (secondary N) is 2. The number of aromatic hydroxyl groups is 1. The van der Waals surface area contributed by atoms with E-state index < -0.39 is 21.7 Å². The van der Waals surface area contributed by atoms with E-state index in [0.29, 0.717) is 11.3 Å². The molecule has 28 heavy (non-hydrogen) atoms. The SMILES string of the molecule is Cc1ccc(S(=O)(=O)Nc2cccc(C(=O)Nc3cccc(O)c3)c2)cc1F. The lowest BCUT2D eigenvalue weighted by atomic mass is 10.2. The summed E-state index contributed by atoms with van der Waals surface area (Å²) in [5.41, 5.74) is 1.10. The lowest BCUT2D eigenvalue weighted by Crippen LogP contribution is -2.15. The van der Waals surface area contributed by atoms with Crippen molar-refractivity contribution in [2.45, 2.75) is 11.8 Å². The van der Waals surface area contributed by atoms with Gasteiger partial charge in [0.15, 0.2) is 0 Å². The van der Waals surface area contributed by atoms with Crippen molar-refractivity contribution in [1.82, 2.24) is 0 Å². The molecule has 0 fully saturated rings. The van der Waals surface area contributed by atoms with Crippen molar-refractivity contribution in [2.24, 2.45) is 0 Å². The van der Waals surface area contributed by atoms with Crippen LogP contribution in [0.15, 0.2) is 71.6 Å². The minimum Gasteiger partial charge on any atom is -0.508 e. The number of hydrogen-bond donors (Lipinski definition) is 3. The van der Waals surface area contributed by atoms with Crippen LogP contribution in [0.3, 0.4) is 0 Å². The maximum atomic E-state index is 13.7. The van der Waals surface area contributed by atoms with Gasteiger partial charge in [-0.05, 0) is 55.0 Å². The lowest BCUT2D eigenvalue weighted by molar-refractivity contribution is 0.102. The molecule has 0 spiro atoms. The summed E-state index contributed by atoms with van der Waals surface area (Å²) in [4.78, 5) is 12.2.